The molecule has 0 saturated carbocycles. The predicted octanol–water partition coefficient (Wildman–Crippen LogP) is 2.49. The van der Waals surface area contributed by atoms with Crippen LogP contribution in [-0.2, 0) is 6.54 Å². The lowest BCUT2D eigenvalue weighted by molar-refractivity contribution is 0.480. The zero-order valence-electron chi connectivity index (χ0n) is 10.0. The van der Waals surface area contributed by atoms with Crippen LogP contribution in [0.2, 0.25) is 0 Å². The Kier molecular flexibility index (Phi) is 2.48. The number of aromatic nitrogens is 3. The second-order valence-electron chi connectivity index (χ2n) is 4.25. The molecular formula is C14H13N3O. The first-order valence-corrected chi connectivity index (χ1v) is 5.79. The highest BCUT2D eigenvalue weighted by molar-refractivity contribution is 5.87. The third-order valence-electron chi connectivity index (χ3n) is 3.10. The lowest BCUT2D eigenvalue weighted by Gasteiger charge is -2.09. The molecule has 0 aliphatic heterocycles. The summed E-state index contributed by atoms with van der Waals surface area (Å²) in [6.45, 7) is 2.70. The molecule has 0 aliphatic rings. The minimum absolute atomic E-state index is 0.219. The van der Waals surface area contributed by atoms with Crippen molar-refractivity contribution in [2.24, 2.45) is 0 Å². The number of nitrogens with zero attached hydrogens (tertiary/aromatic N) is 3. The monoisotopic (exact) mass is 239 g/mol. The molecule has 4 nitrogen and oxygen atoms in total. The first-order valence-electron chi connectivity index (χ1n) is 5.79. The van der Waals surface area contributed by atoms with E-state index < -0.39 is 0 Å². The van der Waals surface area contributed by atoms with Gasteiger partial charge < -0.3 is 9.67 Å². The number of phenolic OH excluding ortho intramolecular Hbond substituents is 1. The quantitative estimate of drug-likeness (QED) is 0.747. The molecular weight excluding hydrogens is 226 g/mol. The highest BCUT2D eigenvalue weighted by Crippen LogP contribution is 2.26. The Morgan fingerprint density at radius 1 is 1.17 bits per heavy atom. The van der Waals surface area contributed by atoms with E-state index in [-0.39, 0.29) is 5.75 Å². The van der Waals surface area contributed by atoms with Gasteiger partial charge >= 0.3 is 0 Å². The Morgan fingerprint density at radius 3 is 2.83 bits per heavy atom. The molecule has 4 heteroatoms. The lowest BCUT2D eigenvalue weighted by atomic mass is 10.1. The van der Waals surface area contributed by atoms with Crippen LogP contribution < -0.4 is 0 Å². The van der Waals surface area contributed by atoms with E-state index in [2.05, 4.69) is 14.5 Å². The van der Waals surface area contributed by atoms with E-state index in [0.717, 1.165) is 23.3 Å². The van der Waals surface area contributed by atoms with Gasteiger partial charge in [-0.1, -0.05) is 12.1 Å². The Labute approximate surface area is 105 Å². The van der Waals surface area contributed by atoms with Crippen molar-refractivity contribution in [3.05, 3.63) is 54.2 Å². The molecule has 0 spiro atoms. The average molecular weight is 239 g/mol. The van der Waals surface area contributed by atoms with Gasteiger partial charge in [-0.3, -0.25) is 4.98 Å². The minimum Gasteiger partial charge on any atom is -0.506 e. The summed E-state index contributed by atoms with van der Waals surface area (Å²) in [5.74, 6) is 1.19. The van der Waals surface area contributed by atoms with Gasteiger partial charge in [-0.25, -0.2) is 4.98 Å². The Morgan fingerprint density at radius 2 is 2.06 bits per heavy atom. The molecule has 0 saturated heterocycles. The van der Waals surface area contributed by atoms with E-state index >= 15 is 0 Å². The Hall–Kier alpha value is -2.36. The minimum atomic E-state index is 0.219. The van der Waals surface area contributed by atoms with Gasteiger partial charge in [0.15, 0.2) is 0 Å². The number of rotatable bonds is 2. The molecule has 2 aromatic heterocycles. The molecule has 90 valence electrons. The number of imidazole rings is 1. The van der Waals surface area contributed by atoms with Crippen molar-refractivity contribution in [3.63, 3.8) is 0 Å². The molecule has 1 N–H and O–H groups in total. The largest absolute Gasteiger partial charge is 0.506 e. The number of phenols is 1. The number of hydrogen-bond acceptors (Lipinski definition) is 3. The Balaban J connectivity index is 2.13. The van der Waals surface area contributed by atoms with Crippen LogP contribution in [0.4, 0.5) is 0 Å². The van der Waals surface area contributed by atoms with Crippen molar-refractivity contribution in [3.8, 4) is 5.75 Å². The molecule has 0 bridgehead atoms. The maximum absolute atomic E-state index is 9.79. The molecule has 3 aromatic rings. The fraction of sp³-hybridized carbons (Fsp3) is 0.143. The molecule has 2 heterocycles. The van der Waals surface area contributed by atoms with Crippen LogP contribution in [0.1, 0.15) is 11.4 Å². The smallest absolute Gasteiger partial charge is 0.141 e. The van der Waals surface area contributed by atoms with Crippen LogP contribution in [0.3, 0.4) is 0 Å². The average Bonchev–Trinajstić information content (AvgIpc) is 2.79. The van der Waals surface area contributed by atoms with Gasteiger partial charge in [0, 0.05) is 30.5 Å². The number of aromatic hydroxyl groups is 1. The zero-order valence-corrected chi connectivity index (χ0v) is 10.0. The molecule has 3 rings (SSSR count). The van der Waals surface area contributed by atoms with Gasteiger partial charge in [0.25, 0.3) is 0 Å². The van der Waals surface area contributed by atoms with E-state index in [1.165, 1.54) is 0 Å². The molecule has 1 aromatic carbocycles. The SMILES string of the molecule is Cc1nccn1Cc1ccc(O)c2ncccc12. The molecule has 0 atom stereocenters. The number of pyridine rings is 1. The van der Waals surface area contributed by atoms with Crippen molar-refractivity contribution < 1.29 is 5.11 Å². The van der Waals surface area contributed by atoms with Crippen molar-refractivity contribution >= 4 is 10.9 Å². The fourth-order valence-corrected chi connectivity index (χ4v) is 2.11. The molecule has 0 fully saturated rings. The van der Waals surface area contributed by atoms with Crippen LogP contribution in [0, 0.1) is 6.92 Å². The lowest BCUT2D eigenvalue weighted by Crippen LogP contribution is -2.01. The molecule has 0 radical (unpaired) electrons. The van der Waals surface area contributed by atoms with Crippen LogP contribution in [0.5, 0.6) is 5.75 Å². The van der Waals surface area contributed by atoms with Crippen LogP contribution in [0.15, 0.2) is 42.9 Å². The van der Waals surface area contributed by atoms with Crippen LogP contribution in [-0.4, -0.2) is 19.6 Å². The van der Waals surface area contributed by atoms with Gasteiger partial charge in [0.05, 0.1) is 0 Å². The summed E-state index contributed by atoms with van der Waals surface area (Å²) < 4.78 is 2.07. The van der Waals surface area contributed by atoms with Crippen molar-refractivity contribution in [1.29, 1.82) is 0 Å². The number of benzene rings is 1. The summed E-state index contributed by atoms with van der Waals surface area (Å²) in [7, 11) is 0. The first-order chi connectivity index (χ1) is 8.75. The normalized spacial score (nSPS) is 10.9. The second kappa shape index (κ2) is 4.14. The highest BCUT2D eigenvalue weighted by Gasteiger charge is 2.07. The summed E-state index contributed by atoms with van der Waals surface area (Å²) in [5, 5.41) is 10.8. The van der Waals surface area contributed by atoms with E-state index in [0.29, 0.717) is 5.52 Å². The zero-order chi connectivity index (χ0) is 12.5. The van der Waals surface area contributed by atoms with Gasteiger partial charge in [-0.05, 0) is 24.6 Å². The van der Waals surface area contributed by atoms with Crippen LogP contribution in [0.25, 0.3) is 10.9 Å². The standard InChI is InChI=1S/C14H13N3O/c1-10-15-7-8-17(10)9-11-4-5-13(18)14-12(11)3-2-6-16-14/h2-8,18H,9H2,1H3. The molecule has 18 heavy (non-hydrogen) atoms. The third kappa shape index (κ3) is 1.72. The summed E-state index contributed by atoms with van der Waals surface area (Å²) >= 11 is 0. The summed E-state index contributed by atoms with van der Waals surface area (Å²) in [4.78, 5) is 8.43. The third-order valence-corrected chi connectivity index (χ3v) is 3.10. The second-order valence-corrected chi connectivity index (χ2v) is 4.25. The number of fused-ring (bicyclic) bond motifs is 1. The van der Waals surface area contributed by atoms with Gasteiger partial charge in [-0.15, -0.1) is 0 Å². The number of hydrogen-bond donors (Lipinski definition) is 1. The van der Waals surface area contributed by atoms with Crippen molar-refractivity contribution in [2.75, 3.05) is 0 Å². The summed E-state index contributed by atoms with van der Waals surface area (Å²) in [6.07, 6.45) is 5.43. The number of aryl methyl sites for hydroxylation is 1. The van der Waals surface area contributed by atoms with Crippen molar-refractivity contribution in [1.82, 2.24) is 14.5 Å². The van der Waals surface area contributed by atoms with Gasteiger partial charge in [0.1, 0.15) is 17.1 Å². The molecule has 0 amide bonds. The van der Waals surface area contributed by atoms with E-state index in [1.807, 2.05) is 31.3 Å². The maximum atomic E-state index is 9.79. The van der Waals surface area contributed by atoms with E-state index in [4.69, 9.17) is 0 Å². The predicted molar refractivity (Wildman–Crippen MR) is 69.5 cm³/mol. The van der Waals surface area contributed by atoms with Crippen LogP contribution >= 0.6 is 0 Å². The van der Waals surface area contributed by atoms with Crippen molar-refractivity contribution in [2.45, 2.75) is 13.5 Å². The maximum Gasteiger partial charge on any atom is 0.141 e. The van der Waals surface area contributed by atoms with E-state index in [1.54, 1.807) is 18.5 Å². The fourth-order valence-electron chi connectivity index (χ4n) is 2.11. The molecule has 0 unspecified atom stereocenters. The topological polar surface area (TPSA) is 50.9 Å². The highest BCUT2D eigenvalue weighted by atomic mass is 16.3. The summed E-state index contributed by atoms with van der Waals surface area (Å²) in [6, 6.07) is 7.48. The molecule has 0 aliphatic carbocycles. The van der Waals surface area contributed by atoms with Gasteiger partial charge in [-0.2, -0.15) is 0 Å². The Bertz CT molecular complexity index is 703. The summed E-state index contributed by atoms with van der Waals surface area (Å²) in [5.41, 5.74) is 1.77. The van der Waals surface area contributed by atoms with E-state index in [9.17, 15) is 5.11 Å². The first kappa shape index (κ1) is 10.8. The van der Waals surface area contributed by atoms with Gasteiger partial charge in [0.2, 0.25) is 0 Å².